The summed E-state index contributed by atoms with van der Waals surface area (Å²) in [5, 5.41) is 0. The number of hydrogen-bond donors (Lipinski definition) is 6. The lowest BCUT2D eigenvalue weighted by Crippen LogP contribution is -2.13. The Kier molecular flexibility index (Phi) is 11.9. The van der Waals surface area contributed by atoms with Gasteiger partial charge < -0.3 is 39.6 Å². The maximum Gasteiger partial charge on any atom is 0.368 e. The maximum absolute atomic E-state index is 8.63. The molecule has 0 fully saturated rings. The van der Waals surface area contributed by atoms with Gasteiger partial charge in [-0.3, -0.25) is 17.5 Å². The van der Waals surface area contributed by atoms with Crippen molar-refractivity contribution in [2.45, 2.75) is 0 Å². The molecule has 35 heavy (non-hydrogen) atoms. The highest BCUT2D eigenvalue weighted by Gasteiger charge is 2.13. The highest BCUT2D eigenvalue weighted by molar-refractivity contribution is 7.80. The first-order valence-corrected chi connectivity index (χ1v) is 11.9. The van der Waals surface area contributed by atoms with E-state index in [0.29, 0.717) is 11.6 Å². The summed E-state index contributed by atoms with van der Waals surface area (Å²) in [6.45, 7) is 0. The van der Waals surface area contributed by atoms with Crippen LogP contribution in [0.4, 0.5) is 11.6 Å². The molecule has 0 amide bonds. The van der Waals surface area contributed by atoms with Gasteiger partial charge in [0.25, 0.3) is 0 Å². The minimum atomic E-state index is -5.17. The number of nitrogens with two attached hydrogens (primary N) is 2. The monoisotopic (exact) mass is 564 g/mol. The van der Waals surface area contributed by atoms with E-state index in [1.807, 2.05) is 0 Å². The minimum Gasteiger partial charge on any atom is -0.759 e. The van der Waals surface area contributed by atoms with E-state index in [1.165, 1.54) is 0 Å². The molecule has 0 aliphatic carbocycles. The third kappa shape index (κ3) is 18.4. The average molecular weight is 564 g/mol. The van der Waals surface area contributed by atoms with Crippen molar-refractivity contribution < 1.29 is 72.5 Å². The van der Waals surface area contributed by atoms with Crippen molar-refractivity contribution in [3.63, 3.8) is 0 Å². The van der Waals surface area contributed by atoms with Crippen LogP contribution in [0.25, 0.3) is 22.3 Å². The number of imidazole rings is 2. The molecular formula is C10H16N10O12S3. The van der Waals surface area contributed by atoms with E-state index < -0.39 is 31.2 Å². The summed E-state index contributed by atoms with van der Waals surface area (Å²) in [5.41, 5.74) is 14.4. The molecule has 4 aromatic heterocycles. The lowest BCUT2D eigenvalue weighted by Gasteiger charge is -2.06. The van der Waals surface area contributed by atoms with E-state index in [-0.39, 0.29) is 0 Å². The van der Waals surface area contributed by atoms with Gasteiger partial charge in [0.15, 0.2) is 12.7 Å². The first-order chi connectivity index (χ1) is 15.8. The van der Waals surface area contributed by atoms with Crippen LogP contribution in [-0.2, 0) is 31.2 Å². The number of nitrogens with zero attached hydrogens (tertiary/aromatic N) is 2. The van der Waals surface area contributed by atoms with Gasteiger partial charge in [-0.25, -0.2) is 16.8 Å². The molecule has 22 nitrogen and oxygen atoms in total. The molecule has 0 unspecified atom stereocenters. The van der Waals surface area contributed by atoms with E-state index in [1.54, 1.807) is 25.3 Å². The number of fused-ring (bicyclic) bond motifs is 2. The van der Waals surface area contributed by atoms with Crippen molar-refractivity contribution in [2.24, 2.45) is 0 Å². The Morgan fingerprint density at radius 2 is 0.943 bits per heavy atom. The Morgan fingerprint density at radius 1 is 0.686 bits per heavy atom. The number of aromatic amines is 6. The van der Waals surface area contributed by atoms with E-state index in [4.69, 9.17) is 64.0 Å². The second kappa shape index (κ2) is 13.3. The smallest absolute Gasteiger partial charge is 0.368 e. The molecule has 4 aromatic rings. The summed E-state index contributed by atoms with van der Waals surface area (Å²) in [5.74, 6) is 0.991. The lowest BCUT2D eigenvalue weighted by molar-refractivity contribution is -0.470. The predicted molar refractivity (Wildman–Crippen MR) is 102 cm³/mol. The molecule has 0 aliphatic rings. The first kappa shape index (κ1) is 31.3. The van der Waals surface area contributed by atoms with Crippen molar-refractivity contribution in [3.05, 3.63) is 25.3 Å². The number of anilines is 2. The van der Waals surface area contributed by atoms with Crippen LogP contribution < -0.4 is 31.4 Å². The normalized spacial score (nSPS) is 10.9. The van der Waals surface area contributed by atoms with Crippen LogP contribution in [0.2, 0.25) is 0 Å². The molecule has 0 spiro atoms. The minimum absolute atomic E-state index is 0.495. The topological polar surface area (TPSA) is 401 Å². The third-order valence-electron chi connectivity index (χ3n) is 2.70. The Labute approximate surface area is 194 Å². The van der Waals surface area contributed by atoms with Gasteiger partial charge >= 0.3 is 35.6 Å². The van der Waals surface area contributed by atoms with Crippen LogP contribution in [0.15, 0.2) is 25.3 Å². The van der Waals surface area contributed by atoms with E-state index in [0.717, 1.165) is 22.3 Å². The van der Waals surface area contributed by atoms with Crippen molar-refractivity contribution in [1.82, 2.24) is 19.9 Å². The van der Waals surface area contributed by atoms with Gasteiger partial charge in [0.05, 0.1) is 0 Å². The quantitative estimate of drug-likeness (QED) is 0.0854. The average Bonchev–Trinajstić information content (AvgIpc) is 3.28. The fraction of sp³-hybridized carbons (Fsp3) is 0. The van der Waals surface area contributed by atoms with E-state index in [2.05, 4.69) is 39.9 Å². The molecule has 0 atom stereocenters. The largest absolute Gasteiger partial charge is 0.759 e. The van der Waals surface area contributed by atoms with Gasteiger partial charge in [0, 0.05) is 20.4 Å². The highest BCUT2D eigenvalue weighted by atomic mass is 32.3. The number of aromatic nitrogens is 8. The van der Waals surface area contributed by atoms with Gasteiger partial charge in [0.1, 0.15) is 0 Å². The number of nitrogen functional groups attached to an aromatic ring is 2. The molecule has 12 N–H and O–H groups in total. The van der Waals surface area contributed by atoms with Crippen LogP contribution in [-0.4, -0.2) is 72.5 Å². The zero-order valence-electron chi connectivity index (χ0n) is 16.6. The highest BCUT2D eigenvalue weighted by Crippen LogP contribution is 2.04. The first-order valence-electron chi connectivity index (χ1n) is 7.80. The third-order valence-corrected chi connectivity index (χ3v) is 2.70. The molecule has 4 heterocycles. The lowest BCUT2D eigenvalue weighted by atomic mass is 10.5. The van der Waals surface area contributed by atoms with Crippen molar-refractivity contribution in [3.8, 4) is 0 Å². The van der Waals surface area contributed by atoms with Crippen LogP contribution >= 0.6 is 0 Å². The second-order valence-electron chi connectivity index (χ2n) is 5.21. The zero-order chi connectivity index (χ0) is 27.4. The summed E-state index contributed by atoms with van der Waals surface area (Å²) in [7, 11) is -15.0. The number of rotatable bonds is 0. The standard InChI is InChI=1S/2C5H5N5.3H2O4S/c2*6-4-3-5(9-1-7-3)10-2-8-4;3*1-5(2,3)4/h2*1-2H,(H3,6,7,8,9,10);3*(H2,1,2,3,4). The number of nitrogens with one attached hydrogen (secondary N) is 6. The van der Waals surface area contributed by atoms with Crippen molar-refractivity contribution in [1.29, 1.82) is 0 Å². The number of hydrogen-bond acceptors (Lipinski definition) is 14. The second-order valence-corrected chi connectivity index (χ2v) is 7.73. The molecule has 25 heteroatoms. The Hall–Kier alpha value is -3.69. The van der Waals surface area contributed by atoms with Crippen LogP contribution in [0.3, 0.4) is 0 Å². The van der Waals surface area contributed by atoms with Gasteiger partial charge in [-0.1, -0.05) is 0 Å². The fourth-order valence-corrected chi connectivity index (χ4v) is 1.74. The summed E-state index contributed by atoms with van der Waals surface area (Å²) in [6, 6.07) is 0. The van der Waals surface area contributed by atoms with Crippen LogP contribution in [0.1, 0.15) is 0 Å². The predicted octanol–water partition coefficient (Wildman–Crippen LogP) is -5.78. The summed E-state index contributed by atoms with van der Waals surface area (Å²) in [6.07, 6.45) is 6.47. The van der Waals surface area contributed by atoms with Crippen molar-refractivity contribution in [2.75, 3.05) is 11.5 Å². The molecular weight excluding hydrogens is 548 g/mol. The molecule has 0 aliphatic heterocycles. The Bertz CT molecular complexity index is 1370. The van der Waals surface area contributed by atoms with E-state index in [9.17, 15) is 0 Å². The molecule has 0 saturated heterocycles. The van der Waals surface area contributed by atoms with Crippen LogP contribution in [0, 0.1) is 0 Å². The summed E-state index contributed by atoms with van der Waals surface area (Å²) >= 11 is 0. The zero-order valence-corrected chi connectivity index (χ0v) is 19.0. The Morgan fingerprint density at radius 3 is 1.17 bits per heavy atom. The molecule has 4 rings (SSSR count). The van der Waals surface area contributed by atoms with E-state index >= 15 is 0 Å². The van der Waals surface area contributed by atoms with Crippen LogP contribution in [0.5, 0.6) is 0 Å². The Balaban J connectivity index is 0.000000435. The molecule has 196 valence electrons. The maximum atomic E-state index is 8.63. The SMILES string of the molecule is Nc1nc[nH+]c2[nH+]c[nH]c12.Nc1nc[nH+]c2[nH+]c[nH]c12.O=S(=O)([O-])O.O=S(=O)([O-])O.O=S(=O)([O-])[O-]. The van der Waals surface area contributed by atoms with Gasteiger partial charge in [-0.05, 0) is 0 Å². The fourth-order valence-electron chi connectivity index (χ4n) is 1.74. The van der Waals surface area contributed by atoms with Gasteiger partial charge in [-0.15, -0.1) is 0 Å². The van der Waals surface area contributed by atoms with Crippen molar-refractivity contribution >= 4 is 65.2 Å². The molecule has 0 aromatic carbocycles. The van der Waals surface area contributed by atoms with Gasteiger partial charge in [0.2, 0.25) is 31.8 Å². The molecule has 0 radical (unpaired) electrons. The molecule has 0 bridgehead atoms. The molecule has 0 saturated carbocycles. The number of H-pyrrole nitrogens is 6. The summed E-state index contributed by atoms with van der Waals surface area (Å²) < 4.78 is 99.7. The van der Waals surface area contributed by atoms with Gasteiger partial charge in [-0.2, -0.15) is 19.9 Å². The summed E-state index contributed by atoms with van der Waals surface area (Å²) in [4.78, 5) is 25.2.